The van der Waals surface area contributed by atoms with Gasteiger partial charge in [0, 0.05) is 32.7 Å². The minimum atomic E-state index is -0.0157. The highest BCUT2D eigenvalue weighted by atomic mass is 32.1. The second-order valence-electron chi connectivity index (χ2n) is 7.49. The third kappa shape index (κ3) is 4.69. The van der Waals surface area contributed by atoms with E-state index in [1.54, 1.807) is 0 Å². The number of thiophene rings is 1. The number of hydrogen-bond donors (Lipinski definition) is 1. The molecular weight excluding hydrogens is 390 g/mol. The zero-order valence-corrected chi connectivity index (χ0v) is 18.0. The summed E-state index contributed by atoms with van der Waals surface area (Å²) in [5, 5.41) is 4.09. The fourth-order valence-corrected chi connectivity index (χ4v) is 4.99. The summed E-state index contributed by atoms with van der Waals surface area (Å²) in [4.78, 5) is 28.4. The number of rotatable bonds is 6. The third-order valence-electron chi connectivity index (χ3n) is 5.44. The Balaban J connectivity index is 1.45. The van der Waals surface area contributed by atoms with Gasteiger partial charge in [0.15, 0.2) is 0 Å². The van der Waals surface area contributed by atoms with Gasteiger partial charge in [0.1, 0.15) is 16.5 Å². The van der Waals surface area contributed by atoms with Crippen molar-refractivity contribution < 1.29 is 14.3 Å². The van der Waals surface area contributed by atoms with E-state index in [9.17, 15) is 4.79 Å². The number of morpholine rings is 2. The first-order valence-electron chi connectivity index (χ1n) is 10.3. The molecule has 0 saturated carbocycles. The van der Waals surface area contributed by atoms with Crippen LogP contribution < -0.4 is 10.2 Å². The maximum atomic E-state index is 12.8. The molecule has 0 bridgehead atoms. The van der Waals surface area contributed by atoms with Crippen LogP contribution in [0.2, 0.25) is 0 Å². The summed E-state index contributed by atoms with van der Waals surface area (Å²) in [6.45, 7) is 12.2. The van der Waals surface area contributed by atoms with Crippen molar-refractivity contribution in [1.82, 2.24) is 20.2 Å². The quantitative estimate of drug-likeness (QED) is 0.713. The fraction of sp³-hybridized carbons (Fsp3) is 0.650. The van der Waals surface area contributed by atoms with Gasteiger partial charge in [-0.25, -0.2) is 9.97 Å². The number of aromatic nitrogens is 2. The molecule has 1 N–H and O–H groups in total. The van der Waals surface area contributed by atoms with Crippen molar-refractivity contribution in [3.63, 3.8) is 0 Å². The Morgan fingerprint density at radius 3 is 2.48 bits per heavy atom. The molecule has 2 aliphatic heterocycles. The second-order valence-corrected chi connectivity index (χ2v) is 8.49. The SMILES string of the molecule is Cc1nc(N2CCOCC2)c2c(C)c(C(=O)NCCCN3CCOCC3)sc2n1. The van der Waals surface area contributed by atoms with E-state index in [4.69, 9.17) is 14.5 Å². The first-order chi connectivity index (χ1) is 14.1. The van der Waals surface area contributed by atoms with Crippen molar-refractivity contribution >= 4 is 33.3 Å². The largest absolute Gasteiger partial charge is 0.379 e. The van der Waals surface area contributed by atoms with Crippen molar-refractivity contribution in [1.29, 1.82) is 0 Å². The molecule has 4 heterocycles. The molecule has 2 aliphatic rings. The maximum Gasteiger partial charge on any atom is 0.261 e. The fourth-order valence-electron chi connectivity index (χ4n) is 3.85. The Hall–Kier alpha value is -1.81. The van der Waals surface area contributed by atoms with Crippen molar-refractivity contribution in [2.45, 2.75) is 20.3 Å². The number of amides is 1. The Morgan fingerprint density at radius 1 is 1.07 bits per heavy atom. The van der Waals surface area contributed by atoms with E-state index in [2.05, 4.69) is 20.1 Å². The molecule has 158 valence electrons. The van der Waals surface area contributed by atoms with Crippen molar-refractivity contribution in [2.75, 3.05) is 70.6 Å². The number of nitrogens with one attached hydrogen (secondary N) is 1. The van der Waals surface area contributed by atoms with E-state index >= 15 is 0 Å². The van der Waals surface area contributed by atoms with Crippen LogP contribution in [-0.2, 0) is 9.47 Å². The van der Waals surface area contributed by atoms with Crippen LogP contribution >= 0.6 is 11.3 Å². The number of nitrogens with zero attached hydrogens (tertiary/aromatic N) is 4. The normalized spacial score (nSPS) is 18.3. The van der Waals surface area contributed by atoms with Crippen molar-refractivity contribution in [3.05, 3.63) is 16.3 Å². The third-order valence-corrected chi connectivity index (χ3v) is 6.62. The summed E-state index contributed by atoms with van der Waals surface area (Å²) in [7, 11) is 0. The molecule has 9 heteroatoms. The Labute approximate surface area is 175 Å². The van der Waals surface area contributed by atoms with Crippen LogP contribution in [0.5, 0.6) is 0 Å². The first kappa shape index (κ1) is 20.5. The molecular formula is C20H29N5O3S. The number of ether oxygens (including phenoxy) is 2. The minimum Gasteiger partial charge on any atom is -0.379 e. The van der Waals surface area contributed by atoms with Gasteiger partial charge >= 0.3 is 0 Å². The maximum absolute atomic E-state index is 12.8. The van der Waals surface area contributed by atoms with E-state index in [1.165, 1.54) is 11.3 Å². The van der Waals surface area contributed by atoms with E-state index in [-0.39, 0.29) is 5.91 Å². The molecule has 2 aromatic rings. The molecule has 0 atom stereocenters. The molecule has 0 radical (unpaired) electrons. The zero-order valence-electron chi connectivity index (χ0n) is 17.2. The van der Waals surface area contributed by atoms with Gasteiger partial charge in [0.25, 0.3) is 5.91 Å². The van der Waals surface area contributed by atoms with Crippen molar-refractivity contribution in [2.24, 2.45) is 0 Å². The van der Waals surface area contributed by atoms with E-state index in [1.807, 2.05) is 13.8 Å². The van der Waals surface area contributed by atoms with E-state index in [0.717, 1.165) is 84.7 Å². The number of aryl methyl sites for hydroxylation is 2. The van der Waals surface area contributed by atoms with Crippen LogP contribution in [0.3, 0.4) is 0 Å². The molecule has 29 heavy (non-hydrogen) atoms. The van der Waals surface area contributed by atoms with E-state index in [0.29, 0.717) is 19.8 Å². The lowest BCUT2D eigenvalue weighted by molar-refractivity contribution is 0.0374. The standard InChI is InChI=1S/C20H29N5O3S/c1-14-16-18(25-8-12-28-13-9-25)22-15(2)23-20(16)29-17(14)19(26)21-4-3-5-24-6-10-27-11-7-24/h3-13H2,1-2H3,(H,21,26). The molecule has 2 aromatic heterocycles. The molecule has 2 fully saturated rings. The average molecular weight is 420 g/mol. The Morgan fingerprint density at radius 2 is 1.76 bits per heavy atom. The number of carbonyl (C=O) groups is 1. The van der Waals surface area contributed by atoms with Gasteiger partial charge in [-0.15, -0.1) is 11.3 Å². The smallest absolute Gasteiger partial charge is 0.261 e. The van der Waals surface area contributed by atoms with Crippen LogP contribution in [0.1, 0.15) is 27.5 Å². The van der Waals surface area contributed by atoms with Gasteiger partial charge in [-0.2, -0.15) is 0 Å². The predicted octanol–water partition coefficient (Wildman–Crippen LogP) is 1.60. The van der Waals surface area contributed by atoms with Gasteiger partial charge in [-0.05, 0) is 32.4 Å². The molecule has 1 amide bonds. The Kier molecular flexibility index (Phi) is 6.59. The van der Waals surface area contributed by atoms with Gasteiger partial charge in [0.05, 0.1) is 36.7 Å². The molecule has 8 nitrogen and oxygen atoms in total. The monoisotopic (exact) mass is 419 g/mol. The summed E-state index contributed by atoms with van der Waals surface area (Å²) in [5.74, 6) is 1.65. The first-order valence-corrected chi connectivity index (χ1v) is 11.1. The van der Waals surface area contributed by atoms with Crippen LogP contribution in [0.25, 0.3) is 10.2 Å². The zero-order chi connectivity index (χ0) is 20.2. The number of hydrogen-bond acceptors (Lipinski definition) is 8. The molecule has 2 saturated heterocycles. The van der Waals surface area contributed by atoms with Crippen LogP contribution in [0, 0.1) is 13.8 Å². The van der Waals surface area contributed by atoms with Gasteiger partial charge in [0.2, 0.25) is 0 Å². The summed E-state index contributed by atoms with van der Waals surface area (Å²) < 4.78 is 10.9. The van der Waals surface area contributed by atoms with Gasteiger partial charge in [-0.1, -0.05) is 0 Å². The Bertz CT molecular complexity index is 859. The lowest BCUT2D eigenvalue weighted by Crippen LogP contribution is -2.38. The van der Waals surface area contributed by atoms with Gasteiger partial charge in [-0.3, -0.25) is 9.69 Å². The lowest BCUT2D eigenvalue weighted by Gasteiger charge is -2.28. The van der Waals surface area contributed by atoms with Crippen LogP contribution in [-0.4, -0.2) is 86.5 Å². The average Bonchev–Trinajstić information content (AvgIpc) is 3.08. The molecule has 0 aliphatic carbocycles. The second kappa shape index (κ2) is 9.34. The van der Waals surface area contributed by atoms with Crippen LogP contribution in [0.15, 0.2) is 0 Å². The summed E-state index contributed by atoms with van der Waals surface area (Å²) in [6, 6.07) is 0. The topological polar surface area (TPSA) is 79.8 Å². The number of anilines is 1. The lowest BCUT2D eigenvalue weighted by atomic mass is 10.1. The van der Waals surface area contributed by atoms with Crippen LogP contribution in [0.4, 0.5) is 5.82 Å². The molecule has 0 aromatic carbocycles. The summed E-state index contributed by atoms with van der Waals surface area (Å²) >= 11 is 1.46. The highest BCUT2D eigenvalue weighted by Gasteiger charge is 2.23. The highest BCUT2D eigenvalue weighted by molar-refractivity contribution is 7.20. The number of fused-ring (bicyclic) bond motifs is 1. The molecule has 4 rings (SSSR count). The molecule has 0 unspecified atom stereocenters. The summed E-state index contributed by atoms with van der Waals surface area (Å²) in [5.41, 5.74) is 0.970. The van der Waals surface area contributed by atoms with Crippen molar-refractivity contribution in [3.8, 4) is 0 Å². The molecule has 0 spiro atoms. The highest BCUT2D eigenvalue weighted by Crippen LogP contribution is 2.35. The minimum absolute atomic E-state index is 0.0157. The van der Waals surface area contributed by atoms with Gasteiger partial charge < -0.3 is 19.7 Å². The predicted molar refractivity (Wildman–Crippen MR) is 114 cm³/mol. The van der Waals surface area contributed by atoms with E-state index < -0.39 is 0 Å². The summed E-state index contributed by atoms with van der Waals surface area (Å²) in [6.07, 6.45) is 0.938. The number of carbonyl (C=O) groups excluding carboxylic acids is 1.